The van der Waals surface area contributed by atoms with Gasteiger partial charge in [0, 0.05) is 46.8 Å². The van der Waals surface area contributed by atoms with E-state index in [1.54, 1.807) is 0 Å². The molecule has 1 aliphatic rings. The Morgan fingerprint density at radius 2 is 1.85 bits per heavy atom. The number of rotatable bonds is 5. The van der Waals surface area contributed by atoms with Crippen molar-refractivity contribution >= 4 is 38.4 Å². The second kappa shape index (κ2) is 8.91. The number of halogens is 5. The number of nitrogens with one attached hydrogen (secondary N) is 1. The van der Waals surface area contributed by atoms with Gasteiger partial charge in [-0.3, -0.25) is 4.98 Å². The van der Waals surface area contributed by atoms with Gasteiger partial charge in [-0.2, -0.15) is 25.9 Å². The van der Waals surface area contributed by atoms with Gasteiger partial charge in [0.25, 0.3) is 10.2 Å². The molecule has 3 aromatic rings. The number of nitrogens with two attached hydrogens (primary N) is 1. The summed E-state index contributed by atoms with van der Waals surface area (Å²) in [7, 11) is -3.90. The van der Waals surface area contributed by atoms with Gasteiger partial charge in [-0.1, -0.05) is 11.6 Å². The third kappa shape index (κ3) is 5.09. The molecular weight excluding hydrogens is 498 g/mol. The first-order chi connectivity index (χ1) is 15.9. The van der Waals surface area contributed by atoms with Crippen molar-refractivity contribution in [1.29, 1.82) is 0 Å². The minimum absolute atomic E-state index is 0.0797. The van der Waals surface area contributed by atoms with E-state index >= 15 is 0 Å². The Labute approximate surface area is 198 Å². The van der Waals surface area contributed by atoms with Crippen LogP contribution < -0.4 is 10.5 Å². The Balaban J connectivity index is 1.72. The minimum atomic E-state index is -4.67. The van der Waals surface area contributed by atoms with E-state index in [1.807, 2.05) is 0 Å². The van der Waals surface area contributed by atoms with Crippen LogP contribution in [0.2, 0.25) is 5.02 Å². The number of pyridine rings is 2. The topological polar surface area (TPSA) is 101 Å². The van der Waals surface area contributed by atoms with Crippen LogP contribution in [0.4, 0.5) is 23.2 Å². The third-order valence-corrected chi connectivity index (χ3v) is 7.31. The molecule has 3 heterocycles. The van der Waals surface area contributed by atoms with Crippen molar-refractivity contribution in [3.05, 3.63) is 64.8 Å². The van der Waals surface area contributed by atoms with Crippen LogP contribution in [0.1, 0.15) is 24.2 Å². The zero-order chi connectivity index (χ0) is 24.7. The van der Waals surface area contributed by atoms with Crippen molar-refractivity contribution in [2.24, 2.45) is 5.14 Å². The van der Waals surface area contributed by atoms with E-state index in [-0.39, 0.29) is 43.7 Å². The normalized spacial score (nSPS) is 17.1. The molecule has 34 heavy (non-hydrogen) atoms. The van der Waals surface area contributed by atoms with Gasteiger partial charge < -0.3 is 5.32 Å². The lowest BCUT2D eigenvalue weighted by atomic mass is 9.75. The maximum Gasteiger partial charge on any atom is 0.433 e. The van der Waals surface area contributed by atoms with Crippen molar-refractivity contribution < 1.29 is 26.0 Å². The van der Waals surface area contributed by atoms with E-state index in [4.69, 9.17) is 16.7 Å². The van der Waals surface area contributed by atoms with Crippen molar-refractivity contribution in [2.75, 3.05) is 25.0 Å². The van der Waals surface area contributed by atoms with Gasteiger partial charge in [-0.15, -0.1) is 0 Å². The molecular formula is C21H20ClF4N5O2S. The van der Waals surface area contributed by atoms with Gasteiger partial charge in [-0.05, 0) is 49.2 Å². The van der Waals surface area contributed by atoms with Gasteiger partial charge in [0.15, 0.2) is 0 Å². The number of hydrogen-bond acceptors (Lipinski definition) is 5. The minimum Gasteiger partial charge on any atom is -0.383 e. The van der Waals surface area contributed by atoms with Crippen molar-refractivity contribution in [3.63, 3.8) is 0 Å². The second-order valence-electron chi connectivity index (χ2n) is 8.15. The van der Waals surface area contributed by atoms with Crippen molar-refractivity contribution in [2.45, 2.75) is 24.4 Å². The van der Waals surface area contributed by atoms with E-state index in [0.29, 0.717) is 16.1 Å². The first kappa shape index (κ1) is 24.6. The summed E-state index contributed by atoms with van der Waals surface area (Å²) < 4.78 is 78.6. The van der Waals surface area contributed by atoms with E-state index in [0.717, 1.165) is 16.6 Å². The fraction of sp³-hybridized carbons (Fsp3) is 0.333. The highest BCUT2D eigenvalue weighted by molar-refractivity contribution is 7.86. The molecule has 13 heteroatoms. The van der Waals surface area contributed by atoms with Crippen LogP contribution >= 0.6 is 11.6 Å². The number of alkyl halides is 3. The monoisotopic (exact) mass is 517 g/mol. The van der Waals surface area contributed by atoms with E-state index in [2.05, 4.69) is 15.3 Å². The highest BCUT2D eigenvalue weighted by atomic mass is 35.5. The highest BCUT2D eigenvalue weighted by Crippen LogP contribution is 2.38. The Hall–Kier alpha value is -2.54. The van der Waals surface area contributed by atoms with Crippen LogP contribution in [0.3, 0.4) is 0 Å². The Bertz CT molecular complexity index is 1310. The number of piperidine rings is 1. The molecule has 1 saturated heterocycles. The van der Waals surface area contributed by atoms with E-state index in [9.17, 15) is 26.0 Å². The molecule has 3 N–H and O–H groups in total. The number of aromatic nitrogens is 2. The predicted molar refractivity (Wildman–Crippen MR) is 120 cm³/mol. The lowest BCUT2D eigenvalue weighted by Gasteiger charge is -2.40. The molecule has 182 valence electrons. The van der Waals surface area contributed by atoms with Gasteiger partial charge in [0.2, 0.25) is 0 Å². The van der Waals surface area contributed by atoms with E-state index in [1.165, 1.54) is 30.3 Å². The van der Waals surface area contributed by atoms with Crippen LogP contribution in [0.25, 0.3) is 10.9 Å². The predicted octanol–water partition coefficient (Wildman–Crippen LogP) is 4.09. The maximum absolute atomic E-state index is 13.5. The largest absolute Gasteiger partial charge is 0.433 e. The molecule has 0 aliphatic carbocycles. The summed E-state index contributed by atoms with van der Waals surface area (Å²) in [6.07, 6.45) is -3.08. The fourth-order valence-corrected chi connectivity index (χ4v) is 5.00. The molecule has 4 rings (SSSR count). The first-order valence-electron chi connectivity index (χ1n) is 10.2. The Kier molecular flexibility index (Phi) is 6.44. The molecule has 1 fully saturated rings. The first-order valence-corrected chi connectivity index (χ1v) is 12.1. The lowest BCUT2D eigenvalue weighted by molar-refractivity contribution is -0.140. The number of nitrogens with zero attached hydrogens (tertiary/aromatic N) is 3. The molecule has 0 atom stereocenters. The van der Waals surface area contributed by atoms with Crippen LogP contribution in [-0.2, 0) is 21.8 Å². The molecule has 1 aliphatic heterocycles. The molecule has 0 spiro atoms. The molecule has 2 aromatic heterocycles. The molecule has 0 amide bonds. The molecule has 0 unspecified atom stereocenters. The molecule has 7 nitrogen and oxygen atoms in total. The average molecular weight is 518 g/mol. The van der Waals surface area contributed by atoms with Crippen molar-refractivity contribution in [3.8, 4) is 0 Å². The summed E-state index contributed by atoms with van der Waals surface area (Å²) in [6.45, 7) is 0.263. The number of benzene rings is 1. The van der Waals surface area contributed by atoms with Crippen LogP contribution in [0.15, 0.2) is 42.6 Å². The van der Waals surface area contributed by atoms with Crippen LogP contribution in [-0.4, -0.2) is 42.3 Å². The van der Waals surface area contributed by atoms with Gasteiger partial charge in [-0.25, -0.2) is 14.5 Å². The Morgan fingerprint density at radius 3 is 2.44 bits per heavy atom. The third-order valence-electron chi connectivity index (χ3n) is 5.99. The molecule has 0 bridgehead atoms. The smallest absolute Gasteiger partial charge is 0.383 e. The Morgan fingerprint density at radius 1 is 1.15 bits per heavy atom. The summed E-state index contributed by atoms with van der Waals surface area (Å²) in [5, 5.41) is 9.04. The second-order valence-corrected chi connectivity index (χ2v) is 10.1. The lowest BCUT2D eigenvalue weighted by Crippen LogP contribution is -2.50. The van der Waals surface area contributed by atoms with Crippen LogP contribution in [0.5, 0.6) is 0 Å². The maximum atomic E-state index is 13.5. The zero-order valence-corrected chi connectivity index (χ0v) is 19.2. The fourth-order valence-electron chi connectivity index (χ4n) is 4.14. The number of anilines is 1. The van der Waals surface area contributed by atoms with Gasteiger partial charge in [0.1, 0.15) is 11.5 Å². The van der Waals surface area contributed by atoms with Crippen LogP contribution in [0, 0.1) is 5.82 Å². The SMILES string of the molecule is NS(=O)(=O)N1CCC(CNc2cc(C(F)(F)F)nc3ccc(Cl)cc23)(c2ccc(F)cn2)CC1. The van der Waals surface area contributed by atoms with E-state index < -0.39 is 33.3 Å². The zero-order valence-electron chi connectivity index (χ0n) is 17.6. The van der Waals surface area contributed by atoms with Gasteiger partial charge in [0.05, 0.1) is 11.7 Å². The van der Waals surface area contributed by atoms with Gasteiger partial charge >= 0.3 is 6.18 Å². The molecule has 1 aromatic carbocycles. The summed E-state index contributed by atoms with van der Waals surface area (Å²) >= 11 is 6.07. The molecule has 0 saturated carbocycles. The number of fused-ring (bicyclic) bond motifs is 1. The number of hydrogen-bond donors (Lipinski definition) is 2. The van der Waals surface area contributed by atoms with Crippen molar-refractivity contribution in [1.82, 2.24) is 14.3 Å². The highest BCUT2D eigenvalue weighted by Gasteiger charge is 2.40. The summed E-state index contributed by atoms with van der Waals surface area (Å²) in [6, 6.07) is 8.00. The standard InChI is InChI=1S/C21H20ClF4N5O2S/c22-13-1-3-16-15(9-13)17(10-19(30-16)21(24,25)26)29-12-20(18-4-2-14(23)11-28-18)5-7-31(8-6-20)34(27,32)33/h1-4,9-11H,5-8,12H2,(H,29,30)(H2,27,32,33). The quantitative estimate of drug-likeness (QED) is 0.496. The summed E-state index contributed by atoms with van der Waals surface area (Å²) in [4.78, 5) is 7.88. The average Bonchev–Trinajstić information content (AvgIpc) is 2.77. The summed E-state index contributed by atoms with van der Waals surface area (Å²) in [5.41, 5.74) is -1.10. The molecule has 0 radical (unpaired) electrons. The summed E-state index contributed by atoms with van der Waals surface area (Å²) in [5.74, 6) is -0.543.